The summed E-state index contributed by atoms with van der Waals surface area (Å²) in [7, 11) is 0. The van der Waals surface area contributed by atoms with Crippen molar-refractivity contribution >= 4 is 17.6 Å². The molecule has 0 atom stereocenters. The maximum Gasteiger partial charge on any atom is 0.414 e. The maximum absolute atomic E-state index is 11.7. The number of Topliss-reactive ketones (excluding diaryl/α,β-unsaturated/α-hetero) is 1. The van der Waals surface area contributed by atoms with Crippen LogP contribution in [0.3, 0.4) is 0 Å². The van der Waals surface area contributed by atoms with Gasteiger partial charge in [0.15, 0.2) is 5.78 Å². The third-order valence-electron chi connectivity index (χ3n) is 2.82. The zero-order valence-electron chi connectivity index (χ0n) is 8.03. The SMILES string of the molecule is O=C1CCN2C(=O)OCc3cccc1c32. The van der Waals surface area contributed by atoms with E-state index < -0.39 is 0 Å². The molecule has 4 nitrogen and oxygen atoms in total. The Morgan fingerprint density at radius 3 is 3.00 bits per heavy atom. The smallest absolute Gasteiger partial charge is 0.414 e. The minimum Gasteiger partial charge on any atom is -0.444 e. The first-order valence-electron chi connectivity index (χ1n) is 4.87. The van der Waals surface area contributed by atoms with Crippen LogP contribution in [0.2, 0.25) is 0 Å². The van der Waals surface area contributed by atoms with E-state index in [1.54, 1.807) is 11.0 Å². The maximum atomic E-state index is 11.7. The molecule has 15 heavy (non-hydrogen) atoms. The molecule has 0 unspecified atom stereocenters. The Morgan fingerprint density at radius 1 is 1.27 bits per heavy atom. The van der Waals surface area contributed by atoms with E-state index in [1.807, 2.05) is 12.1 Å². The molecule has 2 heterocycles. The van der Waals surface area contributed by atoms with Gasteiger partial charge in [-0.25, -0.2) is 4.79 Å². The summed E-state index contributed by atoms with van der Waals surface area (Å²) in [5.41, 5.74) is 2.32. The van der Waals surface area contributed by atoms with Gasteiger partial charge in [-0.3, -0.25) is 9.69 Å². The van der Waals surface area contributed by atoms with Crippen molar-refractivity contribution in [3.8, 4) is 0 Å². The average Bonchev–Trinajstić information content (AvgIpc) is 2.26. The first-order valence-corrected chi connectivity index (χ1v) is 4.87. The number of ether oxygens (including phenoxy) is 1. The Hall–Kier alpha value is -1.84. The van der Waals surface area contributed by atoms with Crippen molar-refractivity contribution in [3.63, 3.8) is 0 Å². The van der Waals surface area contributed by atoms with Crippen LogP contribution in [0.5, 0.6) is 0 Å². The van der Waals surface area contributed by atoms with Crippen LogP contribution in [0, 0.1) is 0 Å². The minimum atomic E-state index is -0.345. The standard InChI is InChI=1S/C11H9NO3/c13-9-4-5-12-10-7(6-15-11(12)14)2-1-3-8(9)10/h1-3H,4-6H2. The highest BCUT2D eigenvalue weighted by atomic mass is 16.6. The van der Waals surface area contributed by atoms with Crippen molar-refractivity contribution < 1.29 is 14.3 Å². The van der Waals surface area contributed by atoms with Gasteiger partial charge in [0.25, 0.3) is 0 Å². The summed E-state index contributed by atoms with van der Waals surface area (Å²) in [4.78, 5) is 24.7. The van der Waals surface area contributed by atoms with E-state index in [1.165, 1.54) is 0 Å². The van der Waals surface area contributed by atoms with Gasteiger partial charge in [-0.15, -0.1) is 0 Å². The molecule has 1 amide bonds. The Kier molecular flexibility index (Phi) is 1.59. The van der Waals surface area contributed by atoms with Crippen LogP contribution in [0.4, 0.5) is 10.5 Å². The molecule has 1 aromatic rings. The molecule has 1 aromatic carbocycles. The van der Waals surface area contributed by atoms with E-state index in [0.717, 1.165) is 11.3 Å². The molecular formula is C11H9NO3. The van der Waals surface area contributed by atoms with E-state index in [9.17, 15) is 9.59 Å². The predicted molar refractivity (Wildman–Crippen MR) is 52.9 cm³/mol. The lowest BCUT2D eigenvalue weighted by molar-refractivity contribution is 0.0973. The molecule has 0 radical (unpaired) electrons. The first kappa shape index (κ1) is 8.47. The normalized spacial score (nSPS) is 18.5. The van der Waals surface area contributed by atoms with Crippen LogP contribution in [0.25, 0.3) is 0 Å². The summed E-state index contributed by atoms with van der Waals surface area (Å²) in [6.45, 7) is 0.702. The number of para-hydroxylation sites is 1. The number of nitrogens with zero attached hydrogens (tertiary/aromatic N) is 1. The molecule has 76 valence electrons. The molecule has 0 saturated carbocycles. The fourth-order valence-corrected chi connectivity index (χ4v) is 2.11. The summed E-state index contributed by atoms with van der Waals surface area (Å²) in [5, 5.41) is 0. The number of anilines is 1. The lowest BCUT2D eigenvalue weighted by Gasteiger charge is -2.33. The van der Waals surface area contributed by atoms with Crippen molar-refractivity contribution in [2.24, 2.45) is 0 Å². The van der Waals surface area contributed by atoms with Crippen molar-refractivity contribution in [1.82, 2.24) is 0 Å². The number of amides is 1. The fraction of sp³-hybridized carbons (Fsp3) is 0.273. The molecule has 0 aliphatic carbocycles. The molecule has 2 aliphatic heterocycles. The number of carbonyl (C=O) groups is 2. The van der Waals surface area contributed by atoms with Crippen LogP contribution in [-0.4, -0.2) is 18.4 Å². The van der Waals surface area contributed by atoms with Crippen molar-refractivity contribution in [2.75, 3.05) is 11.4 Å². The van der Waals surface area contributed by atoms with Gasteiger partial charge in [-0.2, -0.15) is 0 Å². The van der Waals surface area contributed by atoms with E-state index in [2.05, 4.69) is 0 Å². The van der Waals surface area contributed by atoms with Crippen LogP contribution in [0.15, 0.2) is 18.2 Å². The fourth-order valence-electron chi connectivity index (χ4n) is 2.11. The second-order valence-corrected chi connectivity index (χ2v) is 3.69. The average molecular weight is 203 g/mol. The van der Waals surface area contributed by atoms with Crippen LogP contribution >= 0.6 is 0 Å². The molecule has 0 spiro atoms. The number of rotatable bonds is 0. The predicted octanol–water partition coefficient (Wildman–Crippen LogP) is 1.73. The Labute approximate surface area is 86.4 Å². The van der Waals surface area contributed by atoms with E-state index in [4.69, 9.17) is 4.74 Å². The second kappa shape index (κ2) is 2.82. The minimum absolute atomic E-state index is 0.109. The summed E-state index contributed by atoms with van der Waals surface area (Å²) in [6, 6.07) is 5.48. The van der Waals surface area contributed by atoms with Crippen LogP contribution in [0.1, 0.15) is 22.3 Å². The summed E-state index contributed by atoms with van der Waals surface area (Å²) >= 11 is 0. The molecule has 3 rings (SSSR count). The molecule has 0 bridgehead atoms. The lowest BCUT2D eigenvalue weighted by atomic mass is 9.96. The van der Waals surface area contributed by atoms with E-state index in [-0.39, 0.29) is 18.5 Å². The zero-order chi connectivity index (χ0) is 10.4. The van der Waals surface area contributed by atoms with Crippen LogP contribution in [-0.2, 0) is 11.3 Å². The number of hydrogen-bond acceptors (Lipinski definition) is 3. The second-order valence-electron chi connectivity index (χ2n) is 3.69. The van der Waals surface area contributed by atoms with Crippen LogP contribution < -0.4 is 4.90 Å². The number of benzene rings is 1. The van der Waals surface area contributed by atoms with Gasteiger partial charge < -0.3 is 4.74 Å². The zero-order valence-corrected chi connectivity index (χ0v) is 8.03. The largest absolute Gasteiger partial charge is 0.444 e. The summed E-state index contributed by atoms with van der Waals surface area (Å²) in [6.07, 6.45) is 0.0356. The molecular weight excluding hydrogens is 194 g/mol. The number of carbonyl (C=O) groups excluding carboxylic acids is 2. The molecule has 2 aliphatic rings. The summed E-state index contributed by atoms with van der Waals surface area (Å²) in [5.74, 6) is 0.109. The highest BCUT2D eigenvalue weighted by molar-refractivity contribution is 6.08. The van der Waals surface area contributed by atoms with E-state index in [0.29, 0.717) is 18.5 Å². The molecule has 0 fully saturated rings. The Balaban J connectivity index is 2.26. The van der Waals surface area contributed by atoms with Gasteiger partial charge in [-0.1, -0.05) is 12.1 Å². The van der Waals surface area contributed by atoms with Crippen molar-refractivity contribution in [3.05, 3.63) is 29.3 Å². The molecule has 0 saturated heterocycles. The third kappa shape index (κ3) is 1.08. The molecule has 0 N–H and O–H groups in total. The van der Waals surface area contributed by atoms with Crippen molar-refractivity contribution in [1.29, 1.82) is 0 Å². The van der Waals surface area contributed by atoms with Crippen molar-refractivity contribution in [2.45, 2.75) is 13.0 Å². The number of cyclic esters (lactones) is 1. The van der Waals surface area contributed by atoms with Gasteiger partial charge in [0.1, 0.15) is 6.61 Å². The molecule has 4 heteroatoms. The van der Waals surface area contributed by atoms with Gasteiger partial charge in [-0.05, 0) is 6.07 Å². The molecule has 0 aromatic heterocycles. The van der Waals surface area contributed by atoms with Gasteiger partial charge in [0.05, 0.1) is 5.69 Å². The summed E-state index contributed by atoms with van der Waals surface area (Å²) < 4.78 is 5.01. The monoisotopic (exact) mass is 203 g/mol. The third-order valence-corrected chi connectivity index (χ3v) is 2.82. The number of ketones is 1. The van der Waals surface area contributed by atoms with Gasteiger partial charge >= 0.3 is 6.09 Å². The van der Waals surface area contributed by atoms with Gasteiger partial charge in [0.2, 0.25) is 0 Å². The van der Waals surface area contributed by atoms with Gasteiger partial charge in [0, 0.05) is 24.1 Å². The topological polar surface area (TPSA) is 46.6 Å². The lowest BCUT2D eigenvalue weighted by Crippen LogP contribution is -2.41. The Bertz CT molecular complexity index is 467. The highest BCUT2D eigenvalue weighted by Crippen LogP contribution is 2.34. The quantitative estimate of drug-likeness (QED) is 0.645. The first-order chi connectivity index (χ1) is 7.27. The Morgan fingerprint density at radius 2 is 2.13 bits per heavy atom. The van der Waals surface area contributed by atoms with E-state index >= 15 is 0 Å². The highest BCUT2D eigenvalue weighted by Gasteiger charge is 2.33. The number of hydrogen-bond donors (Lipinski definition) is 0.